The minimum atomic E-state index is -0.162. The Morgan fingerprint density at radius 3 is 2.80 bits per heavy atom. The van der Waals surface area contributed by atoms with Gasteiger partial charge in [0, 0.05) is 26.6 Å². The van der Waals surface area contributed by atoms with Crippen molar-refractivity contribution < 1.29 is 4.79 Å². The second kappa shape index (κ2) is 5.31. The number of anilines is 1. The highest BCUT2D eigenvalue weighted by Gasteiger charge is 2.13. The van der Waals surface area contributed by atoms with E-state index in [1.165, 1.54) is 0 Å². The Kier molecular flexibility index (Phi) is 3.51. The number of aromatic nitrogens is 1. The summed E-state index contributed by atoms with van der Waals surface area (Å²) in [5, 5.41) is 4.38. The molecule has 0 aliphatic rings. The zero-order valence-electron chi connectivity index (χ0n) is 10.3. The normalized spacial score (nSPS) is 10.7. The van der Waals surface area contributed by atoms with Crippen LogP contribution in [0.4, 0.5) is 5.69 Å². The fraction of sp³-hybridized carbons (Fsp3) is 0. The van der Waals surface area contributed by atoms with E-state index in [-0.39, 0.29) is 5.91 Å². The minimum absolute atomic E-state index is 0.162. The van der Waals surface area contributed by atoms with Crippen LogP contribution in [0.5, 0.6) is 0 Å². The predicted molar refractivity (Wildman–Crippen MR) is 85.4 cm³/mol. The quantitative estimate of drug-likeness (QED) is 0.683. The SMILES string of the molecule is O=C(Nc1ccc(Cl)cc1Br)c1c[nH]c2ccccc12. The van der Waals surface area contributed by atoms with Crippen LogP contribution in [0, 0.1) is 0 Å². The number of hydrogen-bond donors (Lipinski definition) is 2. The van der Waals surface area contributed by atoms with E-state index in [2.05, 4.69) is 26.2 Å². The van der Waals surface area contributed by atoms with Crippen molar-refractivity contribution in [2.45, 2.75) is 0 Å². The van der Waals surface area contributed by atoms with Crippen LogP contribution in [0.3, 0.4) is 0 Å². The molecule has 0 bridgehead atoms. The van der Waals surface area contributed by atoms with E-state index in [9.17, 15) is 4.79 Å². The number of fused-ring (bicyclic) bond motifs is 1. The Labute approximate surface area is 129 Å². The molecule has 0 saturated heterocycles. The summed E-state index contributed by atoms with van der Waals surface area (Å²) in [7, 11) is 0. The highest BCUT2D eigenvalue weighted by atomic mass is 79.9. The molecule has 2 aromatic carbocycles. The number of carbonyl (C=O) groups is 1. The molecular formula is C15H10BrClN2O. The van der Waals surface area contributed by atoms with E-state index in [4.69, 9.17) is 11.6 Å². The molecule has 2 N–H and O–H groups in total. The van der Waals surface area contributed by atoms with Gasteiger partial charge in [0.1, 0.15) is 0 Å². The zero-order valence-corrected chi connectivity index (χ0v) is 12.6. The van der Waals surface area contributed by atoms with E-state index in [0.717, 1.165) is 15.4 Å². The number of carbonyl (C=O) groups excluding carboxylic acids is 1. The second-order valence-corrected chi connectivity index (χ2v) is 5.62. The van der Waals surface area contributed by atoms with E-state index >= 15 is 0 Å². The molecule has 100 valence electrons. The number of rotatable bonds is 2. The molecule has 3 nitrogen and oxygen atoms in total. The van der Waals surface area contributed by atoms with Gasteiger partial charge in [-0.25, -0.2) is 0 Å². The fourth-order valence-electron chi connectivity index (χ4n) is 2.04. The van der Waals surface area contributed by atoms with Crippen LogP contribution in [0.15, 0.2) is 53.1 Å². The maximum Gasteiger partial charge on any atom is 0.257 e. The molecule has 1 heterocycles. The van der Waals surface area contributed by atoms with E-state index in [0.29, 0.717) is 16.3 Å². The van der Waals surface area contributed by atoms with Crippen molar-refractivity contribution in [3.05, 3.63) is 63.7 Å². The van der Waals surface area contributed by atoms with Crippen molar-refractivity contribution in [1.29, 1.82) is 0 Å². The first-order valence-corrected chi connectivity index (χ1v) is 7.15. The monoisotopic (exact) mass is 348 g/mol. The van der Waals surface area contributed by atoms with Crippen LogP contribution in [0.2, 0.25) is 5.02 Å². The first kappa shape index (κ1) is 13.2. The maximum absolute atomic E-state index is 12.3. The summed E-state index contributed by atoms with van der Waals surface area (Å²) in [4.78, 5) is 15.4. The van der Waals surface area contributed by atoms with Gasteiger partial charge >= 0.3 is 0 Å². The number of nitrogens with one attached hydrogen (secondary N) is 2. The summed E-state index contributed by atoms with van der Waals surface area (Å²) in [5.41, 5.74) is 2.24. The van der Waals surface area contributed by atoms with Gasteiger partial charge in [0.15, 0.2) is 0 Å². The molecule has 0 unspecified atom stereocenters. The average molecular weight is 350 g/mol. The van der Waals surface area contributed by atoms with Gasteiger partial charge in [-0.15, -0.1) is 0 Å². The number of para-hydroxylation sites is 1. The Bertz CT molecular complexity index is 797. The average Bonchev–Trinajstić information content (AvgIpc) is 2.86. The van der Waals surface area contributed by atoms with Gasteiger partial charge in [0.2, 0.25) is 0 Å². The molecule has 0 aliphatic heterocycles. The summed E-state index contributed by atoms with van der Waals surface area (Å²) >= 11 is 9.27. The highest BCUT2D eigenvalue weighted by molar-refractivity contribution is 9.10. The third-order valence-electron chi connectivity index (χ3n) is 3.01. The number of aromatic amines is 1. The lowest BCUT2D eigenvalue weighted by Gasteiger charge is -2.07. The second-order valence-electron chi connectivity index (χ2n) is 4.33. The zero-order chi connectivity index (χ0) is 14.1. The standard InChI is InChI=1S/C15H10BrClN2O/c16-12-7-9(17)5-6-14(12)19-15(20)11-8-18-13-4-2-1-3-10(11)13/h1-8,18H,(H,19,20). The molecule has 20 heavy (non-hydrogen) atoms. The minimum Gasteiger partial charge on any atom is -0.360 e. The Balaban J connectivity index is 1.93. The first-order chi connectivity index (χ1) is 9.65. The van der Waals surface area contributed by atoms with Crippen molar-refractivity contribution >= 4 is 50.0 Å². The van der Waals surface area contributed by atoms with Gasteiger partial charge in [0.25, 0.3) is 5.91 Å². The van der Waals surface area contributed by atoms with Gasteiger partial charge in [-0.3, -0.25) is 4.79 Å². The topological polar surface area (TPSA) is 44.9 Å². The third kappa shape index (κ3) is 2.44. The molecule has 0 saturated carbocycles. The number of benzene rings is 2. The maximum atomic E-state index is 12.3. The van der Waals surface area contributed by atoms with Crippen LogP contribution >= 0.6 is 27.5 Å². The molecule has 3 aromatic rings. The van der Waals surface area contributed by atoms with Crippen molar-refractivity contribution in [2.75, 3.05) is 5.32 Å². The van der Waals surface area contributed by atoms with E-state index in [1.54, 1.807) is 24.4 Å². The van der Waals surface area contributed by atoms with Gasteiger partial charge in [-0.2, -0.15) is 0 Å². The number of amides is 1. The summed E-state index contributed by atoms with van der Waals surface area (Å²) < 4.78 is 0.748. The Morgan fingerprint density at radius 1 is 1.20 bits per heavy atom. The summed E-state index contributed by atoms with van der Waals surface area (Å²) in [5.74, 6) is -0.162. The summed E-state index contributed by atoms with van der Waals surface area (Å²) in [6.45, 7) is 0. The van der Waals surface area contributed by atoms with Gasteiger partial charge < -0.3 is 10.3 Å². The largest absolute Gasteiger partial charge is 0.360 e. The molecule has 0 spiro atoms. The lowest BCUT2D eigenvalue weighted by molar-refractivity contribution is 0.102. The fourth-order valence-corrected chi connectivity index (χ4v) is 2.82. The molecule has 1 amide bonds. The number of H-pyrrole nitrogens is 1. The molecular weight excluding hydrogens is 340 g/mol. The molecule has 0 aliphatic carbocycles. The smallest absolute Gasteiger partial charge is 0.257 e. The Morgan fingerprint density at radius 2 is 2.00 bits per heavy atom. The molecule has 1 aromatic heterocycles. The molecule has 5 heteroatoms. The van der Waals surface area contributed by atoms with Gasteiger partial charge in [0.05, 0.1) is 11.3 Å². The molecule has 0 fully saturated rings. The van der Waals surface area contributed by atoms with Crippen molar-refractivity contribution in [1.82, 2.24) is 4.98 Å². The van der Waals surface area contributed by atoms with Crippen LogP contribution < -0.4 is 5.32 Å². The van der Waals surface area contributed by atoms with Crippen LogP contribution in [0.25, 0.3) is 10.9 Å². The van der Waals surface area contributed by atoms with Crippen molar-refractivity contribution in [3.8, 4) is 0 Å². The first-order valence-electron chi connectivity index (χ1n) is 5.97. The summed E-state index contributed by atoms with van der Waals surface area (Å²) in [6.07, 6.45) is 1.71. The lowest BCUT2D eigenvalue weighted by atomic mass is 10.1. The molecule has 0 atom stereocenters. The molecule has 3 rings (SSSR count). The number of hydrogen-bond acceptors (Lipinski definition) is 1. The van der Waals surface area contributed by atoms with Crippen LogP contribution in [-0.4, -0.2) is 10.9 Å². The predicted octanol–water partition coefficient (Wildman–Crippen LogP) is 4.84. The van der Waals surface area contributed by atoms with Crippen LogP contribution in [0.1, 0.15) is 10.4 Å². The third-order valence-corrected chi connectivity index (χ3v) is 3.90. The summed E-state index contributed by atoms with van der Waals surface area (Å²) in [6, 6.07) is 12.9. The number of halogens is 2. The highest BCUT2D eigenvalue weighted by Crippen LogP contribution is 2.27. The Hall–Kier alpha value is -1.78. The van der Waals surface area contributed by atoms with E-state index in [1.807, 2.05) is 24.3 Å². The van der Waals surface area contributed by atoms with Gasteiger partial charge in [-0.1, -0.05) is 29.8 Å². The van der Waals surface area contributed by atoms with Gasteiger partial charge in [-0.05, 0) is 40.2 Å². The lowest BCUT2D eigenvalue weighted by Crippen LogP contribution is -2.11. The van der Waals surface area contributed by atoms with E-state index < -0.39 is 0 Å². The molecule has 0 radical (unpaired) electrons. The van der Waals surface area contributed by atoms with Crippen molar-refractivity contribution in [2.24, 2.45) is 0 Å². The van der Waals surface area contributed by atoms with Crippen molar-refractivity contribution in [3.63, 3.8) is 0 Å². The van der Waals surface area contributed by atoms with Crippen LogP contribution in [-0.2, 0) is 0 Å².